The SMILES string of the molecule is Cc1noc(C(C)C)c1C(=O)Nc1nc(-c2cc(F)ccc2F)cs1. The summed E-state index contributed by atoms with van der Waals surface area (Å²) in [6, 6.07) is 3.14. The maximum Gasteiger partial charge on any atom is 0.262 e. The molecule has 3 rings (SSSR count). The fraction of sp³-hybridized carbons (Fsp3) is 0.235. The van der Waals surface area contributed by atoms with E-state index in [1.54, 1.807) is 12.3 Å². The number of nitrogens with zero attached hydrogens (tertiary/aromatic N) is 2. The summed E-state index contributed by atoms with van der Waals surface area (Å²) in [5.74, 6) is -1.06. The van der Waals surface area contributed by atoms with Gasteiger partial charge in [-0.2, -0.15) is 0 Å². The molecule has 0 aliphatic rings. The van der Waals surface area contributed by atoms with E-state index >= 15 is 0 Å². The molecule has 130 valence electrons. The molecule has 5 nitrogen and oxygen atoms in total. The lowest BCUT2D eigenvalue weighted by Gasteiger charge is -2.04. The Morgan fingerprint density at radius 1 is 1.32 bits per heavy atom. The number of aryl methyl sites for hydroxylation is 1. The van der Waals surface area contributed by atoms with Gasteiger partial charge in [-0.25, -0.2) is 13.8 Å². The number of amides is 1. The molecule has 0 saturated heterocycles. The number of hydrogen-bond acceptors (Lipinski definition) is 5. The molecule has 0 unspecified atom stereocenters. The van der Waals surface area contributed by atoms with Gasteiger partial charge in [0, 0.05) is 16.9 Å². The van der Waals surface area contributed by atoms with Crippen molar-refractivity contribution in [2.45, 2.75) is 26.7 Å². The first-order chi connectivity index (χ1) is 11.9. The fourth-order valence-electron chi connectivity index (χ4n) is 2.37. The highest BCUT2D eigenvalue weighted by Crippen LogP contribution is 2.29. The van der Waals surface area contributed by atoms with Crippen LogP contribution in [-0.2, 0) is 0 Å². The van der Waals surface area contributed by atoms with Crippen LogP contribution in [-0.4, -0.2) is 16.0 Å². The van der Waals surface area contributed by atoms with Crippen LogP contribution in [0.25, 0.3) is 11.3 Å². The Balaban J connectivity index is 1.86. The first-order valence-corrected chi connectivity index (χ1v) is 8.43. The topological polar surface area (TPSA) is 68.0 Å². The van der Waals surface area contributed by atoms with Crippen molar-refractivity contribution in [1.82, 2.24) is 10.1 Å². The first kappa shape index (κ1) is 17.2. The minimum absolute atomic E-state index is 0.00445. The van der Waals surface area contributed by atoms with E-state index in [1.165, 1.54) is 0 Å². The average molecular weight is 363 g/mol. The predicted octanol–water partition coefficient (Wildman–Crippen LogP) is 4.76. The lowest BCUT2D eigenvalue weighted by Crippen LogP contribution is -2.14. The van der Waals surface area contributed by atoms with Gasteiger partial charge in [0.25, 0.3) is 5.91 Å². The van der Waals surface area contributed by atoms with Crippen molar-refractivity contribution < 1.29 is 18.1 Å². The molecule has 0 fully saturated rings. The van der Waals surface area contributed by atoms with Crippen LogP contribution >= 0.6 is 11.3 Å². The maximum atomic E-state index is 13.8. The Labute approximate surface area is 146 Å². The number of nitrogens with one attached hydrogen (secondary N) is 1. The summed E-state index contributed by atoms with van der Waals surface area (Å²) in [4.78, 5) is 16.7. The third kappa shape index (κ3) is 3.43. The van der Waals surface area contributed by atoms with Crippen molar-refractivity contribution in [2.75, 3.05) is 5.32 Å². The van der Waals surface area contributed by atoms with Crippen LogP contribution in [0.4, 0.5) is 13.9 Å². The lowest BCUT2D eigenvalue weighted by molar-refractivity contribution is 0.102. The van der Waals surface area contributed by atoms with Crippen LogP contribution < -0.4 is 5.32 Å². The Morgan fingerprint density at radius 2 is 2.08 bits per heavy atom. The Bertz CT molecular complexity index is 934. The Morgan fingerprint density at radius 3 is 2.80 bits per heavy atom. The van der Waals surface area contributed by atoms with Gasteiger partial charge in [0.05, 0.1) is 11.4 Å². The average Bonchev–Trinajstić information content (AvgIpc) is 3.16. The highest BCUT2D eigenvalue weighted by atomic mass is 32.1. The molecule has 0 aliphatic carbocycles. The molecule has 0 radical (unpaired) electrons. The number of rotatable bonds is 4. The molecule has 0 atom stereocenters. The van der Waals surface area contributed by atoms with Crippen LogP contribution in [0.3, 0.4) is 0 Å². The zero-order valence-corrected chi connectivity index (χ0v) is 14.6. The van der Waals surface area contributed by atoms with E-state index in [2.05, 4.69) is 15.5 Å². The maximum absolute atomic E-state index is 13.8. The summed E-state index contributed by atoms with van der Waals surface area (Å²) < 4.78 is 32.4. The van der Waals surface area contributed by atoms with E-state index in [0.29, 0.717) is 17.0 Å². The second kappa shape index (κ2) is 6.72. The Hall–Kier alpha value is -2.61. The van der Waals surface area contributed by atoms with Gasteiger partial charge in [-0.1, -0.05) is 19.0 Å². The predicted molar refractivity (Wildman–Crippen MR) is 90.7 cm³/mol. The lowest BCUT2D eigenvalue weighted by atomic mass is 10.0. The quantitative estimate of drug-likeness (QED) is 0.726. The van der Waals surface area contributed by atoms with Crippen LogP contribution in [0.15, 0.2) is 28.1 Å². The van der Waals surface area contributed by atoms with Gasteiger partial charge in [-0.05, 0) is 25.1 Å². The fourth-order valence-corrected chi connectivity index (χ4v) is 3.07. The van der Waals surface area contributed by atoms with Gasteiger partial charge in [-0.15, -0.1) is 11.3 Å². The van der Waals surface area contributed by atoms with Crippen molar-refractivity contribution in [2.24, 2.45) is 0 Å². The number of benzene rings is 1. The minimum atomic E-state index is -0.582. The zero-order chi connectivity index (χ0) is 18.1. The van der Waals surface area contributed by atoms with Gasteiger partial charge in [0.1, 0.15) is 17.2 Å². The second-order valence-corrected chi connectivity index (χ2v) is 6.64. The molecule has 1 N–H and O–H groups in total. The van der Waals surface area contributed by atoms with Crippen molar-refractivity contribution in [3.8, 4) is 11.3 Å². The summed E-state index contributed by atoms with van der Waals surface area (Å²) >= 11 is 1.12. The van der Waals surface area contributed by atoms with Gasteiger partial charge in [-0.3, -0.25) is 10.1 Å². The van der Waals surface area contributed by atoms with Crippen LogP contribution in [0, 0.1) is 18.6 Å². The van der Waals surface area contributed by atoms with Crippen LogP contribution in [0.1, 0.15) is 41.6 Å². The van der Waals surface area contributed by atoms with Crippen molar-refractivity contribution in [3.63, 3.8) is 0 Å². The van der Waals surface area contributed by atoms with Crippen molar-refractivity contribution >= 4 is 22.4 Å². The van der Waals surface area contributed by atoms with E-state index in [9.17, 15) is 13.6 Å². The summed E-state index contributed by atoms with van der Waals surface area (Å²) in [6.45, 7) is 5.47. The molecule has 3 aromatic rings. The molecule has 25 heavy (non-hydrogen) atoms. The molecule has 1 amide bonds. The molecular formula is C17H15F2N3O2S. The number of hydrogen-bond donors (Lipinski definition) is 1. The minimum Gasteiger partial charge on any atom is -0.360 e. The molecule has 0 aliphatic heterocycles. The van der Waals surface area contributed by atoms with Crippen molar-refractivity contribution in [3.05, 3.63) is 52.2 Å². The molecule has 1 aromatic carbocycles. The third-order valence-corrected chi connectivity index (χ3v) is 4.33. The largest absolute Gasteiger partial charge is 0.360 e. The molecule has 8 heteroatoms. The van der Waals surface area contributed by atoms with Gasteiger partial charge >= 0.3 is 0 Å². The standard InChI is InChI=1S/C17H15F2N3O2S/c1-8(2)15-14(9(3)22-24-15)16(23)21-17-20-13(7-25-17)11-6-10(18)4-5-12(11)19/h4-8H,1-3H3,(H,20,21,23). The molecule has 0 saturated carbocycles. The second-order valence-electron chi connectivity index (χ2n) is 5.78. The molecular weight excluding hydrogens is 348 g/mol. The number of thiazole rings is 1. The number of carbonyl (C=O) groups is 1. The normalized spacial score (nSPS) is 11.1. The van der Waals surface area contributed by atoms with Gasteiger partial charge < -0.3 is 4.52 Å². The molecule has 2 heterocycles. The monoisotopic (exact) mass is 363 g/mol. The zero-order valence-electron chi connectivity index (χ0n) is 13.8. The van der Waals surface area contributed by atoms with Crippen LogP contribution in [0.2, 0.25) is 0 Å². The highest BCUT2D eigenvalue weighted by molar-refractivity contribution is 7.14. The highest BCUT2D eigenvalue weighted by Gasteiger charge is 2.23. The molecule has 0 bridgehead atoms. The summed E-state index contributed by atoms with van der Waals surface area (Å²) in [5.41, 5.74) is 1.14. The van der Waals surface area contributed by atoms with E-state index in [-0.39, 0.29) is 22.3 Å². The van der Waals surface area contributed by atoms with E-state index in [0.717, 1.165) is 29.5 Å². The number of anilines is 1. The van der Waals surface area contributed by atoms with E-state index in [1.807, 2.05) is 13.8 Å². The summed E-state index contributed by atoms with van der Waals surface area (Å²) in [5, 5.41) is 8.32. The number of halogens is 2. The molecule has 0 spiro atoms. The van der Waals surface area contributed by atoms with E-state index in [4.69, 9.17) is 4.52 Å². The van der Waals surface area contributed by atoms with E-state index < -0.39 is 17.5 Å². The number of aromatic nitrogens is 2. The first-order valence-electron chi connectivity index (χ1n) is 7.55. The number of carbonyl (C=O) groups excluding carboxylic acids is 1. The van der Waals surface area contributed by atoms with Gasteiger partial charge in [0.2, 0.25) is 0 Å². The summed E-state index contributed by atoms with van der Waals surface area (Å²) in [7, 11) is 0. The van der Waals surface area contributed by atoms with Gasteiger partial charge in [0.15, 0.2) is 10.9 Å². The summed E-state index contributed by atoms with van der Waals surface area (Å²) in [6.07, 6.45) is 0. The molecule has 2 aromatic heterocycles. The van der Waals surface area contributed by atoms with Crippen molar-refractivity contribution in [1.29, 1.82) is 0 Å². The smallest absolute Gasteiger partial charge is 0.262 e. The third-order valence-electron chi connectivity index (χ3n) is 3.57. The Kier molecular flexibility index (Phi) is 4.63. The van der Waals surface area contributed by atoms with Crippen LogP contribution in [0.5, 0.6) is 0 Å².